The van der Waals surface area contributed by atoms with Crippen LogP contribution in [0.1, 0.15) is 19.4 Å². The zero-order valence-electron chi connectivity index (χ0n) is 15.4. The molecule has 0 bridgehead atoms. The highest BCUT2D eigenvalue weighted by Crippen LogP contribution is 2.36. The van der Waals surface area contributed by atoms with E-state index in [-0.39, 0.29) is 16.3 Å². The van der Waals surface area contributed by atoms with E-state index in [0.717, 1.165) is 14.3 Å². The molecule has 0 saturated carbocycles. The molecule has 0 spiro atoms. The highest BCUT2D eigenvalue weighted by molar-refractivity contribution is 9.10. The predicted octanol–water partition coefficient (Wildman–Crippen LogP) is 3.26. The van der Waals surface area contributed by atoms with Crippen molar-refractivity contribution < 1.29 is 21.6 Å². The minimum Gasteiger partial charge on any atom is -0.279 e. The van der Waals surface area contributed by atoms with Crippen LogP contribution in [-0.2, 0) is 24.8 Å². The number of nitrogens with zero attached hydrogens (tertiary/aromatic N) is 1. The number of hydrogen-bond donors (Lipinski definition) is 1. The number of amides is 1. The van der Waals surface area contributed by atoms with Gasteiger partial charge in [0, 0.05) is 4.47 Å². The Morgan fingerprint density at radius 1 is 1.11 bits per heavy atom. The van der Waals surface area contributed by atoms with Crippen molar-refractivity contribution in [1.82, 2.24) is 0 Å². The Balaban J connectivity index is 1.91. The van der Waals surface area contributed by atoms with Crippen LogP contribution >= 0.6 is 15.9 Å². The largest absolute Gasteiger partial charge is 0.279 e. The number of carbonyl (C=O) groups is 1. The van der Waals surface area contributed by atoms with Crippen molar-refractivity contribution in [2.45, 2.75) is 25.7 Å². The third-order valence-electron chi connectivity index (χ3n) is 4.40. The lowest BCUT2D eigenvalue weighted by atomic mass is 9.95. The number of sulfonamides is 2. The van der Waals surface area contributed by atoms with Gasteiger partial charge in [-0.2, -0.15) is 0 Å². The summed E-state index contributed by atoms with van der Waals surface area (Å²) < 4.78 is 54.1. The van der Waals surface area contributed by atoms with Crippen LogP contribution in [0.15, 0.2) is 51.8 Å². The Bertz CT molecular complexity index is 1160. The fourth-order valence-corrected chi connectivity index (χ4v) is 6.68. The molecule has 0 aromatic heterocycles. The van der Waals surface area contributed by atoms with Gasteiger partial charge >= 0.3 is 0 Å². The lowest BCUT2D eigenvalue weighted by Crippen LogP contribution is -2.32. The standard InChI is InChI=1S/C18H19BrN2O5S2/c1-12-10-13(19)4-9-16(12)20-28(25,26)15-7-5-14(6-8-15)21-17(22)18(2,3)11-27(21,23)24/h4-10,20H,11H2,1-3H3. The highest BCUT2D eigenvalue weighted by Gasteiger charge is 2.49. The topological polar surface area (TPSA) is 101 Å². The van der Waals surface area contributed by atoms with Crippen LogP contribution in [0.5, 0.6) is 0 Å². The summed E-state index contributed by atoms with van der Waals surface area (Å²) in [6.07, 6.45) is 0. The lowest BCUT2D eigenvalue weighted by Gasteiger charge is -2.18. The molecule has 28 heavy (non-hydrogen) atoms. The summed E-state index contributed by atoms with van der Waals surface area (Å²) in [6, 6.07) is 10.3. The minimum absolute atomic E-state index is 0.0399. The molecule has 0 atom stereocenters. The van der Waals surface area contributed by atoms with Gasteiger partial charge in [-0.1, -0.05) is 15.9 Å². The summed E-state index contributed by atoms with van der Waals surface area (Å²) in [5, 5.41) is 0. The fourth-order valence-electron chi connectivity index (χ4n) is 2.97. The normalized spacial score (nSPS) is 18.3. The number of carbonyl (C=O) groups excluding carboxylic acids is 1. The number of halogens is 1. The maximum Gasteiger partial charge on any atom is 0.261 e. The molecule has 1 N–H and O–H groups in total. The molecule has 2 aromatic rings. The average molecular weight is 487 g/mol. The first-order valence-corrected chi connectivity index (χ1v) is 12.2. The van der Waals surface area contributed by atoms with Gasteiger partial charge in [-0.05, 0) is 68.8 Å². The van der Waals surface area contributed by atoms with Gasteiger partial charge in [0.2, 0.25) is 15.9 Å². The first kappa shape index (κ1) is 20.8. The lowest BCUT2D eigenvalue weighted by molar-refractivity contribution is -0.123. The van der Waals surface area contributed by atoms with Crippen LogP contribution in [0, 0.1) is 12.3 Å². The van der Waals surface area contributed by atoms with Crippen molar-refractivity contribution in [3.05, 3.63) is 52.5 Å². The molecule has 1 aliphatic heterocycles. The van der Waals surface area contributed by atoms with Crippen LogP contribution in [0.3, 0.4) is 0 Å². The molecular formula is C18H19BrN2O5S2. The van der Waals surface area contributed by atoms with Crippen molar-refractivity contribution >= 4 is 53.3 Å². The molecule has 2 aromatic carbocycles. The Kier molecular flexibility index (Phi) is 5.10. The SMILES string of the molecule is Cc1cc(Br)ccc1NS(=O)(=O)c1ccc(N2C(=O)C(C)(C)CS2(=O)=O)cc1. The van der Waals surface area contributed by atoms with Crippen molar-refractivity contribution in [2.24, 2.45) is 5.41 Å². The van der Waals surface area contributed by atoms with E-state index in [2.05, 4.69) is 20.7 Å². The number of aryl methyl sites for hydroxylation is 1. The molecule has 7 nitrogen and oxygen atoms in total. The van der Waals surface area contributed by atoms with Gasteiger partial charge in [0.15, 0.2) is 0 Å². The van der Waals surface area contributed by atoms with Crippen LogP contribution in [0.4, 0.5) is 11.4 Å². The van der Waals surface area contributed by atoms with Gasteiger partial charge < -0.3 is 0 Å². The molecule has 1 saturated heterocycles. The van der Waals surface area contributed by atoms with E-state index in [1.807, 2.05) is 0 Å². The molecule has 0 aliphatic carbocycles. The molecule has 0 unspecified atom stereocenters. The number of nitrogens with one attached hydrogen (secondary N) is 1. The third-order valence-corrected chi connectivity index (χ3v) is 8.29. The van der Waals surface area contributed by atoms with E-state index in [4.69, 9.17) is 0 Å². The Labute approximate surface area is 173 Å². The molecule has 0 radical (unpaired) electrons. The quantitative estimate of drug-likeness (QED) is 0.714. The molecule has 1 aliphatic rings. The Hall–Kier alpha value is -1.91. The number of hydrogen-bond acceptors (Lipinski definition) is 5. The smallest absolute Gasteiger partial charge is 0.261 e. The van der Waals surface area contributed by atoms with Crippen LogP contribution in [0.25, 0.3) is 0 Å². The summed E-state index contributed by atoms with van der Waals surface area (Å²) in [7, 11) is -7.66. The van der Waals surface area contributed by atoms with Crippen molar-refractivity contribution in [2.75, 3.05) is 14.8 Å². The Morgan fingerprint density at radius 2 is 1.71 bits per heavy atom. The molecular weight excluding hydrogens is 468 g/mol. The molecule has 1 fully saturated rings. The summed E-state index contributed by atoms with van der Waals surface area (Å²) in [4.78, 5) is 12.4. The average Bonchev–Trinajstić information content (AvgIpc) is 2.73. The zero-order chi connectivity index (χ0) is 20.9. The molecule has 3 rings (SSSR count). The van der Waals surface area contributed by atoms with E-state index in [1.54, 1.807) is 39.0 Å². The van der Waals surface area contributed by atoms with Crippen LogP contribution in [-0.4, -0.2) is 28.5 Å². The zero-order valence-corrected chi connectivity index (χ0v) is 18.7. The second-order valence-electron chi connectivity index (χ2n) is 7.27. The van der Waals surface area contributed by atoms with E-state index in [1.165, 1.54) is 24.3 Å². The summed E-state index contributed by atoms with van der Waals surface area (Å²) in [5.74, 6) is -0.824. The van der Waals surface area contributed by atoms with Crippen molar-refractivity contribution in [1.29, 1.82) is 0 Å². The van der Waals surface area contributed by atoms with E-state index < -0.39 is 31.4 Å². The highest BCUT2D eigenvalue weighted by atomic mass is 79.9. The maximum atomic E-state index is 12.6. The predicted molar refractivity (Wildman–Crippen MR) is 111 cm³/mol. The minimum atomic E-state index is -3.87. The number of rotatable bonds is 4. The van der Waals surface area contributed by atoms with Gasteiger partial charge in [-0.15, -0.1) is 0 Å². The summed E-state index contributed by atoms with van der Waals surface area (Å²) >= 11 is 3.32. The molecule has 1 amide bonds. The number of anilines is 2. The van der Waals surface area contributed by atoms with E-state index >= 15 is 0 Å². The van der Waals surface area contributed by atoms with Crippen LogP contribution in [0.2, 0.25) is 0 Å². The van der Waals surface area contributed by atoms with E-state index in [0.29, 0.717) is 5.69 Å². The fraction of sp³-hybridized carbons (Fsp3) is 0.278. The van der Waals surface area contributed by atoms with Crippen molar-refractivity contribution in [3.63, 3.8) is 0 Å². The van der Waals surface area contributed by atoms with Gasteiger partial charge in [-0.25, -0.2) is 21.1 Å². The van der Waals surface area contributed by atoms with Gasteiger partial charge in [-0.3, -0.25) is 9.52 Å². The molecule has 150 valence electrons. The molecule has 10 heteroatoms. The second-order valence-corrected chi connectivity index (χ2v) is 11.7. The van der Waals surface area contributed by atoms with E-state index in [9.17, 15) is 21.6 Å². The third kappa shape index (κ3) is 3.81. The first-order valence-electron chi connectivity index (χ1n) is 8.30. The number of benzene rings is 2. The van der Waals surface area contributed by atoms with Gasteiger partial charge in [0.05, 0.1) is 27.4 Å². The van der Waals surface area contributed by atoms with Gasteiger partial charge in [0.25, 0.3) is 10.0 Å². The van der Waals surface area contributed by atoms with Gasteiger partial charge in [0.1, 0.15) is 0 Å². The van der Waals surface area contributed by atoms with Crippen LogP contribution < -0.4 is 9.03 Å². The van der Waals surface area contributed by atoms with Crippen molar-refractivity contribution in [3.8, 4) is 0 Å². The summed E-state index contributed by atoms with van der Waals surface area (Å²) in [6.45, 7) is 4.91. The summed E-state index contributed by atoms with van der Waals surface area (Å²) in [5.41, 5.74) is 0.274. The second kappa shape index (κ2) is 6.85. The monoisotopic (exact) mass is 486 g/mol. The first-order chi connectivity index (χ1) is 12.8. The maximum absolute atomic E-state index is 12.6. The molecule has 1 heterocycles. The Morgan fingerprint density at radius 3 is 2.21 bits per heavy atom.